The molecule has 0 aliphatic rings. The van der Waals surface area contributed by atoms with E-state index in [-0.39, 0.29) is 6.04 Å². The molecule has 0 bridgehead atoms. The van der Waals surface area contributed by atoms with Crippen LogP contribution in [0.3, 0.4) is 0 Å². The third-order valence-corrected chi connectivity index (χ3v) is 0.727. The zero-order valence-electron chi connectivity index (χ0n) is 4.43. The van der Waals surface area contributed by atoms with Crippen LogP contribution >= 0.6 is 0 Å². The van der Waals surface area contributed by atoms with Gasteiger partial charge in [0, 0.05) is 13.1 Å². The molecular formula is C4H10NO. The largest absolute Gasteiger partial charge is 0.156 e. The predicted octanol–water partition coefficient (Wildman–Crippen LogP) is 0.672. The second kappa shape index (κ2) is 2.16. The van der Waals surface area contributed by atoms with Crippen molar-refractivity contribution in [1.29, 1.82) is 0 Å². The molecule has 0 aromatic heterocycles. The SMILES string of the molecule is CC(C)N(C)[O]. The summed E-state index contributed by atoms with van der Waals surface area (Å²) in [6.07, 6.45) is 0. The van der Waals surface area contributed by atoms with Crippen molar-refractivity contribution in [2.45, 2.75) is 19.9 Å². The maximum Gasteiger partial charge on any atom is 0.0323 e. The Balaban J connectivity index is 2.99. The minimum atomic E-state index is 0.130. The standard InChI is InChI=1S/C4H10NO/c1-4(2)5(3)6/h4H,1-3H3. The van der Waals surface area contributed by atoms with Crippen molar-refractivity contribution < 1.29 is 5.21 Å². The molecule has 0 fully saturated rings. The Morgan fingerprint density at radius 2 is 1.67 bits per heavy atom. The lowest BCUT2D eigenvalue weighted by Gasteiger charge is -2.06. The zero-order valence-corrected chi connectivity index (χ0v) is 4.43. The van der Waals surface area contributed by atoms with E-state index in [0.717, 1.165) is 5.06 Å². The summed E-state index contributed by atoms with van der Waals surface area (Å²) in [4.78, 5) is 0. The van der Waals surface area contributed by atoms with Gasteiger partial charge in [0.1, 0.15) is 0 Å². The van der Waals surface area contributed by atoms with Crippen molar-refractivity contribution in [3.05, 3.63) is 0 Å². The lowest BCUT2D eigenvalue weighted by atomic mass is 10.4. The minimum Gasteiger partial charge on any atom is -0.156 e. The van der Waals surface area contributed by atoms with Crippen LogP contribution < -0.4 is 0 Å². The topological polar surface area (TPSA) is 23.1 Å². The smallest absolute Gasteiger partial charge is 0.0323 e. The molecule has 0 aliphatic heterocycles. The molecule has 0 unspecified atom stereocenters. The van der Waals surface area contributed by atoms with Gasteiger partial charge in [0.25, 0.3) is 0 Å². The maximum absolute atomic E-state index is 10.1. The third kappa shape index (κ3) is 2.18. The molecule has 0 saturated heterocycles. The molecular weight excluding hydrogens is 78.0 g/mol. The van der Waals surface area contributed by atoms with Crippen LogP contribution in [0.15, 0.2) is 0 Å². The summed E-state index contributed by atoms with van der Waals surface area (Å²) in [7, 11) is 1.52. The van der Waals surface area contributed by atoms with Gasteiger partial charge in [0.05, 0.1) is 0 Å². The van der Waals surface area contributed by atoms with Crippen molar-refractivity contribution in [2.75, 3.05) is 7.05 Å². The summed E-state index contributed by atoms with van der Waals surface area (Å²) < 4.78 is 0. The Bertz CT molecular complexity index is 28.5. The molecule has 0 aromatic carbocycles. The van der Waals surface area contributed by atoms with Crippen LogP contribution in [-0.2, 0) is 5.21 Å². The van der Waals surface area contributed by atoms with Gasteiger partial charge in [-0.25, -0.2) is 0 Å². The van der Waals surface area contributed by atoms with E-state index in [9.17, 15) is 5.21 Å². The molecule has 0 amide bonds. The number of hydroxylamine groups is 2. The van der Waals surface area contributed by atoms with E-state index in [0.29, 0.717) is 0 Å². The van der Waals surface area contributed by atoms with Crippen molar-refractivity contribution in [3.63, 3.8) is 0 Å². The highest BCUT2D eigenvalue weighted by atomic mass is 16.5. The maximum atomic E-state index is 10.1. The number of hydrogen-bond donors (Lipinski definition) is 0. The van der Waals surface area contributed by atoms with Crippen molar-refractivity contribution >= 4 is 0 Å². The van der Waals surface area contributed by atoms with E-state index in [2.05, 4.69) is 0 Å². The van der Waals surface area contributed by atoms with Gasteiger partial charge in [-0.1, -0.05) is 0 Å². The van der Waals surface area contributed by atoms with E-state index in [1.165, 1.54) is 7.05 Å². The van der Waals surface area contributed by atoms with Crippen molar-refractivity contribution in [2.24, 2.45) is 0 Å². The number of hydrogen-bond acceptors (Lipinski definition) is 1. The lowest BCUT2D eigenvalue weighted by molar-refractivity contribution is -0.157. The Hall–Kier alpha value is -0.0800. The van der Waals surface area contributed by atoms with Crippen molar-refractivity contribution in [3.8, 4) is 0 Å². The van der Waals surface area contributed by atoms with Gasteiger partial charge in [-0.3, -0.25) is 0 Å². The zero-order chi connectivity index (χ0) is 5.15. The molecule has 0 rings (SSSR count). The Labute approximate surface area is 38.3 Å². The Morgan fingerprint density at radius 3 is 1.67 bits per heavy atom. The molecule has 37 valence electrons. The van der Waals surface area contributed by atoms with Gasteiger partial charge in [-0.2, -0.15) is 5.06 Å². The molecule has 0 saturated carbocycles. The quantitative estimate of drug-likeness (QED) is 0.432. The lowest BCUT2D eigenvalue weighted by Crippen LogP contribution is -2.19. The predicted molar refractivity (Wildman–Crippen MR) is 23.6 cm³/mol. The molecule has 0 atom stereocenters. The first-order valence-electron chi connectivity index (χ1n) is 2.04. The van der Waals surface area contributed by atoms with Crippen LogP contribution in [0.1, 0.15) is 13.8 Å². The fraction of sp³-hybridized carbons (Fsp3) is 1.00. The van der Waals surface area contributed by atoms with E-state index < -0.39 is 0 Å². The molecule has 0 aliphatic carbocycles. The third-order valence-electron chi connectivity index (χ3n) is 0.727. The molecule has 1 radical (unpaired) electrons. The van der Waals surface area contributed by atoms with Crippen molar-refractivity contribution in [1.82, 2.24) is 5.06 Å². The summed E-state index contributed by atoms with van der Waals surface area (Å²) in [5.74, 6) is 0. The first kappa shape index (κ1) is 5.92. The number of nitrogens with zero attached hydrogens (tertiary/aromatic N) is 1. The minimum absolute atomic E-state index is 0.130. The van der Waals surface area contributed by atoms with Crippen LogP contribution in [0.4, 0.5) is 0 Å². The van der Waals surface area contributed by atoms with Gasteiger partial charge in [-0.05, 0) is 13.8 Å². The summed E-state index contributed by atoms with van der Waals surface area (Å²) >= 11 is 0. The van der Waals surface area contributed by atoms with Crippen LogP contribution in [-0.4, -0.2) is 18.2 Å². The van der Waals surface area contributed by atoms with Crippen LogP contribution in [0, 0.1) is 0 Å². The van der Waals surface area contributed by atoms with Gasteiger partial charge in [-0.15, -0.1) is 5.21 Å². The van der Waals surface area contributed by atoms with Gasteiger partial charge < -0.3 is 0 Å². The van der Waals surface area contributed by atoms with E-state index in [4.69, 9.17) is 0 Å². The first-order chi connectivity index (χ1) is 2.64. The summed E-state index contributed by atoms with van der Waals surface area (Å²) in [5, 5.41) is 11.0. The number of rotatable bonds is 1. The molecule has 0 heterocycles. The monoisotopic (exact) mass is 88.1 g/mol. The Kier molecular flexibility index (Phi) is 2.13. The second-order valence-corrected chi connectivity index (χ2v) is 1.64. The molecule has 2 heteroatoms. The molecule has 2 nitrogen and oxygen atoms in total. The summed E-state index contributed by atoms with van der Waals surface area (Å²) in [6.45, 7) is 3.71. The Morgan fingerprint density at radius 1 is 1.50 bits per heavy atom. The fourth-order valence-corrected chi connectivity index (χ4v) is 0. The first-order valence-corrected chi connectivity index (χ1v) is 2.04. The highest BCUT2D eigenvalue weighted by molar-refractivity contribution is 4.39. The van der Waals surface area contributed by atoms with E-state index in [1.54, 1.807) is 0 Å². The normalized spacial score (nSPS) is 11.0. The second-order valence-electron chi connectivity index (χ2n) is 1.64. The van der Waals surface area contributed by atoms with Crippen LogP contribution in [0.2, 0.25) is 0 Å². The van der Waals surface area contributed by atoms with Crippen LogP contribution in [0.25, 0.3) is 0 Å². The van der Waals surface area contributed by atoms with E-state index in [1.807, 2.05) is 13.8 Å². The molecule has 6 heavy (non-hydrogen) atoms. The molecule has 0 spiro atoms. The van der Waals surface area contributed by atoms with E-state index >= 15 is 0 Å². The van der Waals surface area contributed by atoms with Crippen LogP contribution in [0.5, 0.6) is 0 Å². The van der Waals surface area contributed by atoms with Gasteiger partial charge >= 0.3 is 0 Å². The highest BCUT2D eigenvalue weighted by Gasteiger charge is 1.95. The summed E-state index contributed by atoms with van der Waals surface area (Å²) in [5.41, 5.74) is 0. The summed E-state index contributed by atoms with van der Waals surface area (Å²) in [6, 6.07) is 0.130. The van der Waals surface area contributed by atoms with Gasteiger partial charge in [0.2, 0.25) is 0 Å². The average Bonchev–Trinajstić information content (AvgIpc) is 1.36. The fourth-order valence-electron chi connectivity index (χ4n) is 0. The molecule has 0 aromatic rings. The molecule has 0 N–H and O–H groups in total. The van der Waals surface area contributed by atoms with Gasteiger partial charge in [0.15, 0.2) is 0 Å². The highest BCUT2D eigenvalue weighted by Crippen LogP contribution is 1.84. The average molecular weight is 88.1 g/mol.